The third kappa shape index (κ3) is 3.33. The summed E-state index contributed by atoms with van der Waals surface area (Å²) in [6, 6.07) is 6.46. The highest BCUT2D eigenvalue weighted by molar-refractivity contribution is 5.31. The maximum Gasteiger partial charge on any atom is 0.137 e. The number of likely N-dealkylation sites (tertiary alicyclic amines) is 1. The first-order chi connectivity index (χ1) is 13.7. The van der Waals surface area contributed by atoms with E-state index in [4.69, 9.17) is 0 Å². The Bertz CT molecular complexity index is 942. The van der Waals surface area contributed by atoms with E-state index in [2.05, 4.69) is 20.1 Å². The average molecular weight is 382 g/mol. The molecule has 1 N–H and O–H groups in total. The molecule has 7 nitrogen and oxygen atoms in total. The predicted molar refractivity (Wildman–Crippen MR) is 100 cm³/mol. The molecule has 3 aromatic rings. The van der Waals surface area contributed by atoms with Crippen LogP contribution >= 0.6 is 0 Å². The Kier molecular flexibility index (Phi) is 4.44. The summed E-state index contributed by atoms with van der Waals surface area (Å²) in [5.74, 6) is 0.794. The molecule has 1 saturated carbocycles. The summed E-state index contributed by atoms with van der Waals surface area (Å²) in [7, 11) is 0. The summed E-state index contributed by atoms with van der Waals surface area (Å²) in [5.41, 5.74) is 1.83. The minimum Gasteiger partial charge on any atom is -0.391 e. The first-order valence-corrected chi connectivity index (χ1v) is 9.70. The second-order valence-electron chi connectivity index (χ2n) is 7.97. The van der Waals surface area contributed by atoms with Crippen molar-refractivity contribution in [1.82, 2.24) is 29.4 Å². The van der Waals surface area contributed by atoms with Gasteiger partial charge in [-0.15, -0.1) is 0 Å². The molecule has 3 heterocycles. The minimum absolute atomic E-state index is 0.0134. The zero-order valence-corrected chi connectivity index (χ0v) is 15.5. The van der Waals surface area contributed by atoms with Gasteiger partial charge < -0.3 is 5.11 Å². The van der Waals surface area contributed by atoms with E-state index in [1.807, 2.05) is 18.5 Å². The van der Waals surface area contributed by atoms with Gasteiger partial charge in [0.05, 0.1) is 24.0 Å². The van der Waals surface area contributed by atoms with Crippen molar-refractivity contribution >= 4 is 0 Å². The molecule has 0 bridgehead atoms. The molecule has 0 spiro atoms. The zero-order chi connectivity index (χ0) is 19.1. The van der Waals surface area contributed by atoms with Crippen LogP contribution in [0.3, 0.4) is 0 Å². The van der Waals surface area contributed by atoms with Crippen molar-refractivity contribution in [3.8, 4) is 5.69 Å². The summed E-state index contributed by atoms with van der Waals surface area (Å²) in [4.78, 5) is 6.45. The summed E-state index contributed by atoms with van der Waals surface area (Å²) in [6.45, 7) is 2.80. The van der Waals surface area contributed by atoms with E-state index in [9.17, 15) is 9.50 Å². The third-order valence-corrected chi connectivity index (χ3v) is 6.08. The number of halogens is 1. The Morgan fingerprint density at radius 3 is 2.79 bits per heavy atom. The summed E-state index contributed by atoms with van der Waals surface area (Å²) >= 11 is 0. The molecule has 0 amide bonds. The molecule has 1 saturated heterocycles. The van der Waals surface area contributed by atoms with Gasteiger partial charge in [-0.05, 0) is 42.9 Å². The van der Waals surface area contributed by atoms with Crippen molar-refractivity contribution in [3.05, 3.63) is 60.7 Å². The van der Waals surface area contributed by atoms with Crippen LogP contribution in [0.25, 0.3) is 5.69 Å². The van der Waals surface area contributed by atoms with Gasteiger partial charge in [-0.3, -0.25) is 4.90 Å². The first-order valence-electron chi connectivity index (χ1n) is 9.70. The number of hydrogen-bond acceptors (Lipinski definition) is 5. The quantitative estimate of drug-likeness (QED) is 0.748. The molecule has 2 aromatic heterocycles. The van der Waals surface area contributed by atoms with Gasteiger partial charge in [-0.25, -0.2) is 18.7 Å². The highest BCUT2D eigenvalue weighted by Gasteiger charge is 2.42. The molecule has 5 rings (SSSR count). The molecule has 2 aliphatic rings. The fourth-order valence-electron chi connectivity index (χ4n) is 4.77. The molecule has 0 radical (unpaired) electrons. The van der Waals surface area contributed by atoms with Crippen molar-refractivity contribution in [3.63, 3.8) is 0 Å². The highest BCUT2D eigenvalue weighted by Crippen LogP contribution is 2.41. The molecular weight excluding hydrogens is 359 g/mol. The third-order valence-electron chi connectivity index (χ3n) is 6.08. The van der Waals surface area contributed by atoms with E-state index in [-0.39, 0.29) is 18.0 Å². The van der Waals surface area contributed by atoms with Crippen LogP contribution < -0.4 is 0 Å². The molecular formula is C20H23FN6O. The second kappa shape index (κ2) is 7.10. The van der Waals surface area contributed by atoms with Crippen LogP contribution in [0.4, 0.5) is 4.39 Å². The van der Waals surface area contributed by atoms with Gasteiger partial charge in [-0.2, -0.15) is 10.2 Å². The summed E-state index contributed by atoms with van der Waals surface area (Å²) < 4.78 is 17.0. The van der Waals surface area contributed by atoms with Crippen LogP contribution in [0.2, 0.25) is 0 Å². The van der Waals surface area contributed by atoms with Gasteiger partial charge in [0.2, 0.25) is 0 Å². The Morgan fingerprint density at radius 1 is 1.14 bits per heavy atom. The maximum absolute atomic E-state index is 13.4. The maximum atomic E-state index is 13.4. The zero-order valence-electron chi connectivity index (χ0n) is 15.5. The van der Waals surface area contributed by atoms with Crippen LogP contribution in [0, 0.1) is 17.7 Å². The van der Waals surface area contributed by atoms with E-state index in [0.717, 1.165) is 43.7 Å². The van der Waals surface area contributed by atoms with E-state index >= 15 is 0 Å². The average Bonchev–Trinajstić information content (AvgIpc) is 3.41. The smallest absolute Gasteiger partial charge is 0.137 e. The topological polar surface area (TPSA) is 72.0 Å². The van der Waals surface area contributed by atoms with Crippen molar-refractivity contribution in [2.24, 2.45) is 11.8 Å². The molecule has 1 aliphatic carbocycles. The SMILES string of the molecule is O[C@@H]1C[C@H]2CN(Cc3cnn(-c4cccc(F)c4)c3)C[C@H]2C[C@H]1n1cncn1. The Labute approximate surface area is 162 Å². The van der Waals surface area contributed by atoms with E-state index in [1.54, 1.807) is 21.8 Å². The Balaban J connectivity index is 1.25. The molecule has 8 heteroatoms. The number of aliphatic hydroxyl groups excluding tert-OH is 1. The van der Waals surface area contributed by atoms with Gasteiger partial charge in [0.25, 0.3) is 0 Å². The Morgan fingerprint density at radius 2 is 2.00 bits per heavy atom. The number of nitrogens with zero attached hydrogens (tertiary/aromatic N) is 6. The number of aliphatic hydroxyl groups is 1. The number of aromatic nitrogens is 5. The van der Waals surface area contributed by atoms with Crippen LogP contribution in [0.1, 0.15) is 24.4 Å². The fourth-order valence-corrected chi connectivity index (χ4v) is 4.77. The lowest BCUT2D eigenvalue weighted by atomic mass is 9.77. The van der Waals surface area contributed by atoms with Gasteiger partial charge in [0, 0.05) is 31.4 Å². The largest absolute Gasteiger partial charge is 0.391 e. The van der Waals surface area contributed by atoms with Crippen LogP contribution in [-0.2, 0) is 6.54 Å². The second-order valence-corrected chi connectivity index (χ2v) is 7.97. The molecule has 1 aliphatic heterocycles. The molecule has 4 atom stereocenters. The first kappa shape index (κ1) is 17.5. The van der Waals surface area contributed by atoms with Crippen molar-refractivity contribution in [2.45, 2.75) is 31.5 Å². The molecule has 146 valence electrons. The standard InChI is InChI=1S/C20H23FN6O/c21-17-2-1-3-18(6-17)26-9-14(7-23-26)8-25-10-15-4-19(27-13-22-12-24-27)20(28)5-16(15)11-25/h1-3,6-7,9,12-13,15-16,19-20,28H,4-5,8,10-11H2/t15-,16+,19-,20-/m1/s1. The van der Waals surface area contributed by atoms with Crippen LogP contribution in [0.15, 0.2) is 49.3 Å². The highest BCUT2D eigenvalue weighted by atomic mass is 19.1. The van der Waals surface area contributed by atoms with Crippen molar-refractivity contribution in [1.29, 1.82) is 0 Å². The number of fused-ring (bicyclic) bond motifs is 1. The molecule has 2 fully saturated rings. The fraction of sp³-hybridized carbons (Fsp3) is 0.450. The lowest BCUT2D eigenvalue weighted by Gasteiger charge is -2.35. The van der Waals surface area contributed by atoms with E-state index in [1.165, 1.54) is 18.5 Å². The van der Waals surface area contributed by atoms with Gasteiger partial charge in [-0.1, -0.05) is 6.07 Å². The van der Waals surface area contributed by atoms with Gasteiger partial charge >= 0.3 is 0 Å². The molecule has 0 unspecified atom stereocenters. The van der Waals surface area contributed by atoms with Crippen LogP contribution in [0.5, 0.6) is 0 Å². The van der Waals surface area contributed by atoms with E-state index in [0.29, 0.717) is 11.8 Å². The lowest BCUT2D eigenvalue weighted by molar-refractivity contribution is 0.0304. The molecule has 28 heavy (non-hydrogen) atoms. The number of benzene rings is 1. The monoisotopic (exact) mass is 382 g/mol. The number of rotatable bonds is 4. The normalized spacial score (nSPS) is 27.8. The van der Waals surface area contributed by atoms with Crippen molar-refractivity contribution in [2.75, 3.05) is 13.1 Å². The van der Waals surface area contributed by atoms with Gasteiger partial charge in [0.1, 0.15) is 18.5 Å². The minimum atomic E-state index is -0.376. The summed E-state index contributed by atoms with van der Waals surface area (Å²) in [5, 5.41) is 19.2. The molecule has 1 aromatic carbocycles. The van der Waals surface area contributed by atoms with E-state index < -0.39 is 0 Å². The summed E-state index contributed by atoms with van der Waals surface area (Å²) in [6.07, 6.45) is 8.38. The Hall–Kier alpha value is -2.58. The lowest BCUT2D eigenvalue weighted by Crippen LogP contribution is -2.36. The predicted octanol–water partition coefficient (Wildman–Crippen LogP) is 2.05. The van der Waals surface area contributed by atoms with Gasteiger partial charge in [0.15, 0.2) is 0 Å². The van der Waals surface area contributed by atoms with Crippen molar-refractivity contribution < 1.29 is 9.50 Å². The number of hydrogen-bond donors (Lipinski definition) is 1. The van der Waals surface area contributed by atoms with Crippen LogP contribution in [-0.4, -0.2) is 53.7 Å².